The summed E-state index contributed by atoms with van der Waals surface area (Å²) in [5, 5.41) is 0.740. The van der Waals surface area contributed by atoms with Crippen molar-refractivity contribution < 1.29 is 19.0 Å². The summed E-state index contributed by atoms with van der Waals surface area (Å²) in [6.45, 7) is 3.96. The molecule has 0 amide bonds. The largest absolute Gasteiger partial charge is 0.497 e. The highest BCUT2D eigenvalue weighted by Crippen LogP contribution is 2.31. The van der Waals surface area contributed by atoms with E-state index >= 15 is 0 Å². The predicted molar refractivity (Wildman–Crippen MR) is 85.1 cm³/mol. The number of hydrogen-bond donors (Lipinski definition) is 0. The van der Waals surface area contributed by atoms with E-state index < -0.39 is 5.69 Å². The Morgan fingerprint density at radius 2 is 2.00 bits per heavy atom. The van der Waals surface area contributed by atoms with Gasteiger partial charge >= 0.3 is 11.7 Å². The van der Waals surface area contributed by atoms with E-state index in [4.69, 9.17) is 14.2 Å². The number of nitrogens with zero attached hydrogens (tertiary/aromatic N) is 2. The van der Waals surface area contributed by atoms with Gasteiger partial charge in [-0.15, -0.1) is 0 Å². The maximum absolute atomic E-state index is 12.3. The minimum absolute atomic E-state index is 0.0861. The summed E-state index contributed by atoms with van der Waals surface area (Å²) >= 11 is 0. The van der Waals surface area contributed by atoms with Crippen molar-refractivity contribution >= 4 is 16.9 Å². The van der Waals surface area contributed by atoms with Crippen LogP contribution in [-0.2, 0) is 16.1 Å². The fourth-order valence-electron chi connectivity index (χ4n) is 2.41. The van der Waals surface area contributed by atoms with E-state index in [1.54, 1.807) is 33.1 Å². The number of aryl methyl sites for hydroxylation is 2. The van der Waals surface area contributed by atoms with E-state index in [0.717, 1.165) is 5.39 Å². The molecule has 124 valence electrons. The van der Waals surface area contributed by atoms with E-state index in [2.05, 4.69) is 4.98 Å². The van der Waals surface area contributed by atoms with Gasteiger partial charge in [-0.3, -0.25) is 9.36 Å². The number of rotatable bonds is 6. The van der Waals surface area contributed by atoms with Crippen LogP contribution in [0.2, 0.25) is 0 Å². The first-order chi connectivity index (χ1) is 11.0. The molecule has 0 saturated carbocycles. The predicted octanol–water partition coefficient (Wildman–Crippen LogP) is 1.68. The molecule has 1 heterocycles. The first-order valence-electron chi connectivity index (χ1n) is 7.30. The van der Waals surface area contributed by atoms with E-state index in [1.807, 2.05) is 0 Å². The molecule has 0 bridgehead atoms. The van der Waals surface area contributed by atoms with Crippen LogP contribution in [0.5, 0.6) is 11.5 Å². The molecule has 0 atom stereocenters. The van der Waals surface area contributed by atoms with Gasteiger partial charge in [0.05, 0.1) is 38.5 Å². The van der Waals surface area contributed by atoms with Crippen molar-refractivity contribution in [2.75, 3.05) is 20.8 Å². The second kappa shape index (κ2) is 7.13. The quantitative estimate of drug-likeness (QED) is 0.753. The zero-order chi connectivity index (χ0) is 17.0. The van der Waals surface area contributed by atoms with Gasteiger partial charge in [0.1, 0.15) is 11.5 Å². The lowest BCUT2D eigenvalue weighted by Gasteiger charge is -2.15. The number of carbonyl (C=O) groups excluding carboxylic acids is 1. The lowest BCUT2D eigenvalue weighted by atomic mass is 10.1. The van der Waals surface area contributed by atoms with Crippen molar-refractivity contribution in [1.82, 2.24) is 9.55 Å². The summed E-state index contributed by atoms with van der Waals surface area (Å²) in [5.41, 5.74) is 0.743. The monoisotopic (exact) mass is 320 g/mol. The van der Waals surface area contributed by atoms with Crippen LogP contribution in [0.15, 0.2) is 16.9 Å². The number of fused-ring (bicyclic) bond motifs is 1. The van der Waals surface area contributed by atoms with Crippen molar-refractivity contribution in [2.24, 2.45) is 0 Å². The molecule has 0 aliphatic heterocycles. The van der Waals surface area contributed by atoms with Crippen molar-refractivity contribution in [1.29, 1.82) is 0 Å². The van der Waals surface area contributed by atoms with Crippen molar-refractivity contribution in [2.45, 2.75) is 26.8 Å². The summed E-state index contributed by atoms with van der Waals surface area (Å²) in [6, 6.07) is 3.49. The highest BCUT2D eigenvalue weighted by molar-refractivity contribution is 5.88. The normalized spacial score (nSPS) is 10.6. The molecular formula is C16H20N2O5. The second-order valence-corrected chi connectivity index (χ2v) is 4.91. The van der Waals surface area contributed by atoms with Gasteiger partial charge in [-0.05, 0) is 19.9 Å². The number of benzene rings is 1. The van der Waals surface area contributed by atoms with Gasteiger partial charge in [0.15, 0.2) is 0 Å². The number of methoxy groups -OCH3 is 2. The summed E-state index contributed by atoms with van der Waals surface area (Å²) in [4.78, 5) is 27.9. The number of ether oxygens (including phenoxy) is 3. The van der Waals surface area contributed by atoms with Gasteiger partial charge in [0, 0.05) is 18.0 Å². The van der Waals surface area contributed by atoms with Crippen molar-refractivity contribution in [3.63, 3.8) is 0 Å². The third-order valence-electron chi connectivity index (χ3n) is 3.50. The number of hydrogen-bond acceptors (Lipinski definition) is 6. The Hall–Kier alpha value is -2.57. The molecule has 1 aromatic carbocycles. The minimum atomic E-state index is -0.428. The first-order valence-corrected chi connectivity index (χ1v) is 7.30. The third-order valence-corrected chi connectivity index (χ3v) is 3.50. The van der Waals surface area contributed by atoms with Gasteiger partial charge in [0.2, 0.25) is 0 Å². The molecule has 0 aliphatic rings. The standard InChI is InChI=1S/C16H20N2O5/c1-5-23-14(19)6-7-18-15-12(10(2)17-16(18)20)8-11(21-3)9-13(15)22-4/h8-9H,5-7H2,1-4H3. The van der Waals surface area contributed by atoms with E-state index in [9.17, 15) is 9.59 Å². The SMILES string of the molecule is CCOC(=O)CCn1c(=O)nc(C)c2cc(OC)cc(OC)c21. The van der Waals surface area contributed by atoms with Gasteiger partial charge < -0.3 is 14.2 Å². The molecule has 0 unspecified atom stereocenters. The Kier molecular flexibility index (Phi) is 5.20. The molecule has 7 nitrogen and oxygen atoms in total. The van der Waals surface area contributed by atoms with E-state index in [0.29, 0.717) is 29.3 Å². The molecule has 2 rings (SSSR count). The average Bonchev–Trinajstić information content (AvgIpc) is 2.54. The molecule has 7 heteroatoms. The number of aromatic nitrogens is 2. The lowest BCUT2D eigenvalue weighted by Crippen LogP contribution is -2.26. The van der Waals surface area contributed by atoms with Gasteiger partial charge in [-0.2, -0.15) is 4.98 Å². The van der Waals surface area contributed by atoms with Crippen molar-refractivity contribution in [3.8, 4) is 11.5 Å². The Bertz CT molecular complexity index is 782. The van der Waals surface area contributed by atoms with Crippen LogP contribution in [0.25, 0.3) is 10.9 Å². The van der Waals surface area contributed by atoms with Crippen LogP contribution in [0.3, 0.4) is 0 Å². The third kappa shape index (κ3) is 3.44. The topological polar surface area (TPSA) is 79.7 Å². The van der Waals surface area contributed by atoms with Crippen LogP contribution in [0.1, 0.15) is 19.0 Å². The maximum Gasteiger partial charge on any atom is 0.348 e. The molecule has 1 aromatic heterocycles. The average molecular weight is 320 g/mol. The Balaban J connectivity index is 2.59. The molecule has 0 saturated heterocycles. The zero-order valence-electron chi connectivity index (χ0n) is 13.7. The number of esters is 1. The first kappa shape index (κ1) is 16.8. The fraction of sp³-hybridized carbons (Fsp3) is 0.438. The minimum Gasteiger partial charge on any atom is -0.497 e. The van der Waals surface area contributed by atoms with Gasteiger partial charge in [-0.25, -0.2) is 4.79 Å². The molecular weight excluding hydrogens is 300 g/mol. The van der Waals surface area contributed by atoms with Gasteiger partial charge in [0.25, 0.3) is 0 Å². The highest BCUT2D eigenvalue weighted by atomic mass is 16.5. The molecule has 0 spiro atoms. The van der Waals surface area contributed by atoms with Gasteiger partial charge in [-0.1, -0.05) is 0 Å². The summed E-state index contributed by atoms with van der Waals surface area (Å²) in [7, 11) is 3.07. The summed E-state index contributed by atoms with van der Waals surface area (Å²) in [5.74, 6) is 0.737. The van der Waals surface area contributed by atoms with Crippen LogP contribution < -0.4 is 15.2 Å². The molecule has 2 aromatic rings. The lowest BCUT2D eigenvalue weighted by molar-refractivity contribution is -0.143. The zero-order valence-corrected chi connectivity index (χ0v) is 13.7. The number of carbonyl (C=O) groups is 1. The summed E-state index contributed by atoms with van der Waals surface area (Å²) in [6.07, 6.45) is 0.0861. The molecule has 0 radical (unpaired) electrons. The molecule has 0 aliphatic carbocycles. The molecule has 0 fully saturated rings. The maximum atomic E-state index is 12.3. The van der Waals surface area contributed by atoms with E-state index in [1.165, 1.54) is 11.7 Å². The molecule has 23 heavy (non-hydrogen) atoms. The Labute approximate surface area is 133 Å². The van der Waals surface area contributed by atoms with E-state index in [-0.39, 0.29) is 18.9 Å². The Morgan fingerprint density at radius 1 is 1.26 bits per heavy atom. The Morgan fingerprint density at radius 3 is 2.61 bits per heavy atom. The second-order valence-electron chi connectivity index (χ2n) is 4.91. The fourth-order valence-corrected chi connectivity index (χ4v) is 2.41. The van der Waals surface area contributed by atoms with Crippen LogP contribution in [0.4, 0.5) is 0 Å². The smallest absolute Gasteiger partial charge is 0.348 e. The van der Waals surface area contributed by atoms with Crippen LogP contribution >= 0.6 is 0 Å². The highest BCUT2D eigenvalue weighted by Gasteiger charge is 2.15. The van der Waals surface area contributed by atoms with Crippen LogP contribution in [0, 0.1) is 6.92 Å². The molecule has 0 N–H and O–H groups in total. The van der Waals surface area contributed by atoms with Crippen LogP contribution in [-0.4, -0.2) is 36.3 Å². The summed E-state index contributed by atoms with van der Waals surface area (Å²) < 4.78 is 17.0. The van der Waals surface area contributed by atoms with Crippen molar-refractivity contribution in [3.05, 3.63) is 28.3 Å².